The predicted octanol–water partition coefficient (Wildman–Crippen LogP) is -0.470. The monoisotopic (exact) mass is 222 g/mol. The number of aromatic nitrogens is 1. The van der Waals surface area contributed by atoms with Gasteiger partial charge in [0.25, 0.3) is 5.91 Å². The van der Waals surface area contributed by atoms with Gasteiger partial charge < -0.3 is 16.4 Å². The van der Waals surface area contributed by atoms with Gasteiger partial charge in [-0.05, 0) is 12.1 Å². The summed E-state index contributed by atoms with van der Waals surface area (Å²) < 4.78 is 0. The van der Waals surface area contributed by atoms with Crippen LogP contribution in [0.15, 0.2) is 18.3 Å². The van der Waals surface area contributed by atoms with E-state index in [1.807, 2.05) is 0 Å². The molecule has 0 radical (unpaired) electrons. The number of pyridine rings is 1. The van der Waals surface area contributed by atoms with Crippen LogP contribution in [0.4, 0.5) is 5.69 Å². The van der Waals surface area contributed by atoms with Gasteiger partial charge >= 0.3 is 0 Å². The Morgan fingerprint density at radius 2 is 2.06 bits per heavy atom. The van der Waals surface area contributed by atoms with Crippen LogP contribution in [-0.2, 0) is 4.79 Å². The van der Waals surface area contributed by atoms with Crippen molar-refractivity contribution in [1.82, 2.24) is 15.6 Å². The summed E-state index contributed by atoms with van der Waals surface area (Å²) in [4.78, 5) is 25.9. The van der Waals surface area contributed by atoms with E-state index in [1.165, 1.54) is 19.2 Å². The van der Waals surface area contributed by atoms with Crippen LogP contribution in [0.25, 0.3) is 0 Å². The summed E-state index contributed by atoms with van der Waals surface area (Å²) in [7, 11) is 0. The molecule has 16 heavy (non-hydrogen) atoms. The first-order chi connectivity index (χ1) is 7.59. The third kappa shape index (κ3) is 3.95. The standard InChI is InChI=1S/C10H14N4O2/c1-7(15)12-4-5-14-10(16)9-6-8(11)2-3-13-9/h2-3,6H,4-5H2,1H3,(H2,11,13)(H,12,15)(H,14,16). The number of hydrogen-bond donors (Lipinski definition) is 3. The quantitative estimate of drug-likeness (QED) is 0.600. The maximum absolute atomic E-state index is 11.5. The summed E-state index contributed by atoms with van der Waals surface area (Å²) in [5.41, 5.74) is 6.27. The van der Waals surface area contributed by atoms with Crippen LogP contribution in [-0.4, -0.2) is 29.9 Å². The fraction of sp³-hybridized carbons (Fsp3) is 0.300. The maximum Gasteiger partial charge on any atom is 0.270 e. The Bertz CT molecular complexity index is 392. The summed E-state index contributed by atoms with van der Waals surface area (Å²) in [6, 6.07) is 3.10. The van der Waals surface area contributed by atoms with Gasteiger partial charge in [0.1, 0.15) is 5.69 Å². The van der Waals surface area contributed by atoms with Crippen LogP contribution < -0.4 is 16.4 Å². The first-order valence-electron chi connectivity index (χ1n) is 4.84. The fourth-order valence-corrected chi connectivity index (χ4v) is 1.08. The van der Waals surface area contributed by atoms with Crippen molar-refractivity contribution < 1.29 is 9.59 Å². The molecule has 0 aliphatic rings. The number of nitrogens with zero attached hydrogens (tertiary/aromatic N) is 1. The first kappa shape index (κ1) is 12.0. The molecule has 0 saturated carbocycles. The molecule has 0 aliphatic heterocycles. The number of hydrogen-bond acceptors (Lipinski definition) is 4. The van der Waals surface area contributed by atoms with Crippen LogP contribution in [0.3, 0.4) is 0 Å². The Hall–Kier alpha value is -2.11. The summed E-state index contributed by atoms with van der Waals surface area (Å²) in [5.74, 6) is -0.436. The Labute approximate surface area is 93.2 Å². The predicted molar refractivity (Wildman–Crippen MR) is 59.7 cm³/mol. The molecule has 86 valence electrons. The molecular formula is C10H14N4O2. The van der Waals surface area contributed by atoms with Crippen molar-refractivity contribution in [2.45, 2.75) is 6.92 Å². The van der Waals surface area contributed by atoms with Crippen LogP contribution in [0.1, 0.15) is 17.4 Å². The number of amides is 2. The highest BCUT2D eigenvalue weighted by molar-refractivity contribution is 5.92. The number of carbonyl (C=O) groups excluding carboxylic acids is 2. The van der Waals surface area contributed by atoms with E-state index in [-0.39, 0.29) is 17.5 Å². The topological polar surface area (TPSA) is 97.1 Å². The highest BCUT2D eigenvalue weighted by Gasteiger charge is 2.05. The molecule has 0 fully saturated rings. The Balaban J connectivity index is 2.38. The molecule has 0 atom stereocenters. The van der Waals surface area contributed by atoms with Crippen LogP contribution >= 0.6 is 0 Å². The molecule has 1 heterocycles. The normalized spacial score (nSPS) is 9.56. The average molecular weight is 222 g/mol. The van der Waals surface area contributed by atoms with E-state index < -0.39 is 0 Å². The minimum absolute atomic E-state index is 0.128. The number of carbonyl (C=O) groups is 2. The fourth-order valence-electron chi connectivity index (χ4n) is 1.08. The van der Waals surface area contributed by atoms with Crippen LogP contribution in [0.2, 0.25) is 0 Å². The van der Waals surface area contributed by atoms with E-state index in [4.69, 9.17) is 5.73 Å². The molecule has 0 aliphatic carbocycles. The van der Waals surface area contributed by atoms with Gasteiger partial charge in [-0.15, -0.1) is 0 Å². The van der Waals surface area contributed by atoms with Crippen molar-refractivity contribution >= 4 is 17.5 Å². The summed E-state index contributed by atoms with van der Waals surface area (Å²) in [6.45, 7) is 2.17. The Morgan fingerprint density at radius 3 is 2.69 bits per heavy atom. The number of nitrogens with two attached hydrogens (primary N) is 1. The van der Waals surface area contributed by atoms with E-state index in [2.05, 4.69) is 15.6 Å². The van der Waals surface area contributed by atoms with Crippen molar-refractivity contribution in [3.63, 3.8) is 0 Å². The zero-order chi connectivity index (χ0) is 12.0. The highest BCUT2D eigenvalue weighted by Crippen LogP contribution is 2.01. The zero-order valence-electron chi connectivity index (χ0n) is 8.99. The van der Waals surface area contributed by atoms with Gasteiger partial charge in [0.2, 0.25) is 5.91 Å². The lowest BCUT2D eigenvalue weighted by atomic mass is 10.3. The van der Waals surface area contributed by atoms with Gasteiger partial charge in [0.05, 0.1) is 0 Å². The summed E-state index contributed by atoms with van der Waals surface area (Å²) in [5, 5.41) is 5.17. The lowest BCUT2D eigenvalue weighted by molar-refractivity contribution is -0.118. The number of nitrogen functional groups attached to an aromatic ring is 1. The van der Waals surface area contributed by atoms with Gasteiger partial charge in [-0.3, -0.25) is 14.6 Å². The van der Waals surface area contributed by atoms with E-state index in [0.717, 1.165) is 0 Å². The second-order valence-electron chi connectivity index (χ2n) is 3.21. The minimum Gasteiger partial charge on any atom is -0.399 e. The SMILES string of the molecule is CC(=O)NCCNC(=O)c1cc(N)ccn1. The molecule has 4 N–H and O–H groups in total. The van der Waals surface area contributed by atoms with Gasteiger partial charge in [-0.25, -0.2) is 0 Å². The van der Waals surface area contributed by atoms with E-state index in [9.17, 15) is 9.59 Å². The number of nitrogens with one attached hydrogen (secondary N) is 2. The van der Waals surface area contributed by atoms with Gasteiger partial charge in [-0.1, -0.05) is 0 Å². The molecule has 6 heteroatoms. The first-order valence-corrected chi connectivity index (χ1v) is 4.84. The van der Waals surface area contributed by atoms with Crippen LogP contribution in [0, 0.1) is 0 Å². The highest BCUT2D eigenvalue weighted by atomic mass is 16.2. The smallest absolute Gasteiger partial charge is 0.270 e. The molecule has 0 aromatic carbocycles. The molecule has 0 saturated heterocycles. The second kappa shape index (κ2) is 5.69. The van der Waals surface area contributed by atoms with Crippen LogP contribution in [0.5, 0.6) is 0 Å². The third-order valence-electron chi connectivity index (χ3n) is 1.80. The van der Waals surface area contributed by atoms with Crippen molar-refractivity contribution in [1.29, 1.82) is 0 Å². The molecule has 1 rings (SSSR count). The Kier molecular flexibility index (Phi) is 4.26. The average Bonchev–Trinajstić information content (AvgIpc) is 2.24. The molecular weight excluding hydrogens is 208 g/mol. The van der Waals surface area contributed by atoms with E-state index >= 15 is 0 Å². The van der Waals surface area contributed by atoms with Crippen molar-refractivity contribution in [3.05, 3.63) is 24.0 Å². The third-order valence-corrected chi connectivity index (χ3v) is 1.80. The van der Waals surface area contributed by atoms with Gasteiger partial charge in [-0.2, -0.15) is 0 Å². The largest absolute Gasteiger partial charge is 0.399 e. The maximum atomic E-state index is 11.5. The zero-order valence-corrected chi connectivity index (χ0v) is 8.99. The van der Waals surface area contributed by atoms with Crippen molar-refractivity contribution in [2.24, 2.45) is 0 Å². The molecule has 0 bridgehead atoms. The molecule has 2 amide bonds. The van der Waals surface area contributed by atoms with Crippen molar-refractivity contribution in [2.75, 3.05) is 18.8 Å². The summed E-state index contributed by atoms with van der Waals surface area (Å²) in [6.07, 6.45) is 1.47. The van der Waals surface area contributed by atoms with Crippen molar-refractivity contribution in [3.8, 4) is 0 Å². The van der Waals surface area contributed by atoms with Gasteiger partial charge in [0.15, 0.2) is 0 Å². The molecule has 6 nitrogen and oxygen atoms in total. The van der Waals surface area contributed by atoms with E-state index in [1.54, 1.807) is 6.07 Å². The molecule has 0 unspecified atom stereocenters. The molecule has 1 aromatic rings. The second-order valence-corrected chi connectivity index (χ2v) is 3.21. The van der Waals surface area contributed by atoms with E-state index in [0.29, 0.717) is 18.8 Å². The number of anilines is 1. The molecule has 1 aromatic heterocycles. The lowest BCUT2D eigenvalue weighted by Crippen LogP contribution is -2.34. The molecule has 0 spiro atoms. The Morgan fingerprint density at radius 1 is 1.38 bits per heavy atom. The number of rotatable bonds is 4. The minimum atomic E-state index is -0.308. The summed E-state index contributed by atoms with van der Waals surface area (Å²) >= 11 is 0. The lowest BCUT2D eigenvalue weighted by Gasteiger charge is -2.05. The van der Waals surface area contributed by atoms with Gasteiger partial charge in [0, 0.05) is 31.9 Å².